The van der Waals surface area contributed by atoms with E-state index in [-0.39, 0.29) is 11.9 Å². The highest BCUT2D eigenvalue weighted by molar-refractivity contribution is 6.31. The molecule has 0 bridgehead atoms. The number of piperidine rings is 1. The summed E-state index contributed by atoms with van der Waals surface area (Å²) in [5.41, 5.74) is 4.34. The van der Waals surface area contributed by atoms with E-state index < -0.39 is 0 Å². The monoisotopic (exact) mass is 471 g/mol. The van der Waals surface area contributed by atoms with Gasteiger partial charge in [0.2, 0.25) is 0 Å². The lowest BCUT2D eigenvalue weighted by molar-refractivity contribution is -0.134. The first-order chi connectivity index (χ1) is 16.7. The lowest BCUT2D eigenvalue weighted by Crippen LogP contribution is -2.42. The predicted octanol–water partition coefficient (Wildman–Crippen LogP) is 5.97. The van der Waals surface area contributed by atoms with Crippen LogP contribution >= 0.6 is 11.6 Å². The van der Waals surface area contributed by atoms with E-state index in [4.69, 9.17) is 16.7 Å². The van der Waals surface area contributed by atoms with Gasteiger partial charge in [-0.15, -0.1) is 0 Å². The number of halogens is 1. The number of rotatable bonds is 6. The third-order valence-electron chi connectivity index (χ3n) is 6.97. The molecule has 34 heavy (non-hydrogen) atoms. The summed E-state index contributed by atoms with van der Waals surface area (Å²) in [4.78, 5) is 15.8. The molecule has 2 heterocycles. The van der Waals surface area contributed by atoms with Crippen LogP contribution in [-0.4, -0.2) is 41.2 Å². The average Bonchev–Trinajstić information content (AvgIpc) is 3.32. The van der Waals surface area contributed by atoms with Crippen molar-refractivity contribution in [2.45, 2.75) is 31.7 Å². The van der Waals surface area contributed by atoms with Crippen LogP contribution in [0.3, 0.4) is 0 Å². The van der Waals surface area contributed by atoms with Gasteiger partial charge < -0.3 is 0 Å². The SMILES string of the molecule is O=C(CN1CCC(Cc2ccccc2)CC1)N1N=C(c2ccccc2)C[C@H]1c1ccccc1Cl. The molecule has 0 unspecified atom stereocenters. The fraction of sp³-hybridized carbons (Fsp3) is 0.310. The largest absolute Gasteiger partial charge is 0.294 e. The van der Waals surface area contributed by atoms with Gasteiger partial charge >= 0.3 is 0 Å². The van der Waals surface area contributed by atoms with Gasteiger partial charge in [-0.2, -0.15) is 5.10 Å². The van der Waals surface area contributed by atoms with Crippen LogP contribution in [0.15, 0.2) is 90.0 Å². The maximum absolute atomic E-state index is 13.5. The van der Waals surface area contributed by atoms with Gasteiger partial charge in [0, 0.05) is 11.4 Å². The molecule has 0 aromatic heterocycles. The Morgan fingerprint density at radius 3 is 2.24 bits per heavy atom. The number of hydrogen-bond acceptors (Lipinski definition) is 3. The van der Waals surface area contributed by atoms with Crippen LogP contribution in [0, 0.1) is 5.92 Å². The molecule has 5 rings (SSSR count). The van der Waals surface area contributed by atoms with Crippen molar-refractivity contribution in [2.24, 2.45) is 11.0 Å². The van der Waals surface area contributed by atoms with Gasteiger partial charge in [0.1, 0.15) is 0 Å². The van der Waals surface area contributed by atoms with Crippen molar-refractivity contribution in [3.8, 4) is 0 Å². The fourth-order valence-electron chi connectivity index (χ4n) is 5.09. The van der Waals surface area contributed by atoms with E-state index in [1.54, 1.807) is 5.01 Å². The molecule has 0 N–H and O–H groups in total. The molecule has 1 saturated heterocycles. The van der Waals surface area contributed by atoms with Crippen LogP contribution in [-0.2, 0) is 11.2 Å². The molecule has 0 spiro atoms. The number of carbonyl (C=O) groups excluding carboxylic acids is 1. The Bertz CT molecular complexity index is 1140. The van der Waals surface area contributed by atoms with Crippen LogP contribution in [0.4, 0.5) is 0 Å². The smallest absolute Gasteiger partial charge is 0.257 e. The number of carbonyl (C=O) groups is 1. The molecule has 0 saturated carbocycles. The Labute approximate surface area is 206 Å². The van der Waals surface area contributed by atoms with Crippen molar-refractivity contribution in [3.05, 3.63) is 107 Å². The third-order valence-corrected chi connectivity index (χ3v) is 7.31. The second-order valence-corrected chi connectivity index (χ2v) is 9.71. The Balaban J connectivity index is 1.27. The highest BCUT2D eigenvalue weighted by Crippen LogP contribution is 2.36. The van der Waals surface area contributed by atoms with Gasteiger partial charge in [0.05, 0.1) is 18.3 Å². The zero-order valence-electron chi connectivity index (χ0n) is 19.3. The average molecular weight is 472 g/mol. The van der Waals surface area contributed by atoms with Crippen molar-refractivity contribution in [1.29, 1.82) is 0 Å². The Hall–Kier alpha value is -2.95. The molecule has 3 aromatic rings. The second kappa shape index (κ2) is 10.5. The first kappa shape index (κ1) is 22.8. The maximum atomic E-state index is 13.5. The Morgan fingerprint density at radius 2 is 1.53 bits per heavy atom. The number of hydrazone groups is 1. The lowest BCUT2D eigenvalue weighted by atomic mass is 9.90. The first-order valence-electron chi connectivity index (χ1n) is 12.1. The first-order valence-corrected chi connectivity index (χ1v) is 12.5. The summed E-state index contributed by atoms with van der Waals surface area (Å²) in [5.74, 6) is 0.719. The van der Waals surface area contributed by atoms with E-state index in [0.29, 0.717) is 23.9 Å². The summed E-state index contributed by atoms with van der Waals surface area (Å²) in [6, 6.07) is 28.4. The molecular weight excluding hydrogens is 442 g/mol. The molecule has 2 aliphatic rings. The lowest BCUT2D eigenvalue weighted by Gasteiger charge is -2.33. The highest BCUT2D eigenvalue weighted by atomic mass is 35.5. The third kappa shape index (κ3) is 5.24. The number of likely N-dealkylation sites (tertiary alicyclic amines) is 1. The van der Waals surface area contributed by atoms with Crippen LogP contribution in [0.2, 0.25) is 5.02 Å². The van der Waals surface area contributed by atoms with Crippen LogP contribution in [0.5, 0.6) is 0 Å². The molecular formula is C29H30ClN3O. The molecule has 0 radical (unpaired) electrons. The number of nitrogens with zero attached hydrogens (tertiary/aromatic N) is 3. The van der Waals surface area contributed by atoms with E-state index in [1.165, 1.54) is 5.56 Å². The Morgan fingerprint density at radius 1 is 0.882 bits per heavy atom. The number of amides is 1. The molecule has 2 aliphatic heterocycles. The molecule has 3 aromatic carbocycles. The topological polar surface area (TPSA) is 35.9 Å². The second-order valence-electron chi connectivity index (χ2n) is 9.30. The minimum atomic E-state index is -0.174. The summed E-state index contributed by atoms with van der Waals surface area (Å²) >= 11 is 6.54. The van der Waals surface area contributed by atoms with E-state index in [9.17, 15) is 4.79 Å². The summed E-state index contributed by atoms with van der Waals surface area (Å²) in [6.07, 6.45) is 4.02. The molecule has 5 heteroatoms. The predicted molar refractivity (Wildman–Crippen MR) is 138 cm³/mol. The molecule has 174 valence electrons. The Kier molecular flexibility index (Phi) is 7.08. The molecule has 1 fully saturated rings. The zero-order chi connectivity index (χ0) is 23.3. The zero-order valence-corrected chi connectivity index (χ0v) is 20.1. The van der Waals surface area contributed by atoms with Gasteiger partial charge in [-0.25, -0.2) is 5.01 Å². The minimum absolute atomic E-state index is 0.0392. The summed E-state index contributed by atoms with van der Waals surface area (Å²) < 4.78 is 0. The van der Waals surface area contributed by atoms with Gasteiger partial charge in [-0.3, -0.25) is 9.69 Å². The molecule has 1 amide bonds. The van der Waals surface area contributed by atoms with Crippen LogP contribution in [0.1, 0.15) is 42.0 Å². The van der Waals surface area contributed by atoms with E-state index in [0.717, 1.165) is 49.2 Å². The standard InChI is InChI=1S/C29H30ClN3O/c30-26-14-8-7-13-25(26)28-20-27(24-11-5-2-6-12-24)31-33(28)29(34)21-32-17-15-23(16-18-32)19-22-9-3-1-4-10-22/h1-14,23,28H,15-21H2/t28-/m0/s1. The van der Waals surface area contributed by atoms with Gasteiger partial charge in [0.15, 0.2) is 0 Å². The van der Waals surface area contributed by atoms with Crippen molar-refractivity contribution in [2.75, 3.05) is 19.6 Å². The van der Waals surface area contributed by atoms with E-state index in [1.807, 2.05) is 54.6 Å². The summed E-state index contributed by atoms with van der Waals surface area (Å²) in [5, 5.41) is 7.17. The van der Waals surface area contributed by atoms with Crippen molar-refractivity contribution < 1.29 is 4.79 Å². The van der Waals surface area contributed by atoms with Crippen molar-refractivity contribution >= 4 is 23.2 Å². The number of hydrogen-bond donors (Lipinski definition) is 0. The number of benzene rings is 3. The van der Waals surface area contributed by atoms with Crippen LogP contribution in [0.25, 0.3) is 0 Å². The van der Waals surface area contributed by atoms with Gasteiger partial charge in [0.25, 0.3) is 5.91 Å². The highest BCUT2D eigenvalue weighted by Gasteiger charge is 2.35. The summed E-state index contributed by atoms with van der Waals surface area (Å²) in [6.45, 7) is 2.29. The van der Waals surface area contributed by atoms with E-state index in [2.05, 4.69) is 35.2 Å². The van der Waals surface area contributed by atoms with Crippen molar-refractivity contribution in [3.63, 3.8) is 0 Å². The molecule has 0 aliphatic carbocycles. The minimum Gasteiger partial charge on any atom is -0.294 e. The van der Waals surface area contributed by atoms with E-state index >= 15 is 0 Å². The van der Waals surface area contributed by atoms with Crippen molar-refractivity contribution in [1.82, 2.24) is 9.91 Å². The molecule has 1 atom stereocenters. The maximum Gasteiger partial charge on any atom is 0.257 e. The fourth-order valence-corrected chi connectivity index (χ4v) is 5.35. The van der Waals surface area contributed by atoms with Gasteiger partial charge in [-0.05, 0) is 61.0 Å². The quantitative estimate of drug-likeness (QED) is 0.444. The normalized spacial score (nSPS) is 19.3. The molecule has 4 nitrogen and oxygen atoms in total. The van der Waals surface area contributed by atoms with Gasteiger partial charge in [-0.1, -0.05) is 90.5 Å². The summed E-state index contributed by atoms with van der Waals surface area (Å²) in [7, 11) is 0. The van der Waals surface area contributed by atoms with Crippen LogP contribution < -0.4 is 0 Å².